The minimum atomic E-state index is -1.68. The van der Waals surface area contributed by atoms with Gasteiger partial charge in [-0.3, -0.25) is 14.2 Å². The number of halogens is 1. The Balaban J connectivity index is 1.55. The second-order valence-corrected chi connectivity index (χ2v) is 9.49. The molecule has 44 heavy (non-hydrogen) atoms. The Labute approximate surface area is 248 Å². The minimum Gasteiger partial charge on any atom is -0.459 e. The predicted octanol–water partition coefficient (Wildman–Crippen LogP) is 2.69. The van der Waals surface area contributed by atoms with Gasteiger partial charge in [0.05, 0.1) is 22.9 Å². The second-order valence-electron chi connectivity index (χ2n) is 9.49. The maximum absolute atomic E-state index is 14.5. The summed E-state index contributed by atoms with van der Waals surface area (Å²) in [7, 11) is 0. The molecule has 1 aliphatic rings. The third kappa shape index (κ3) is 6.52. The van der Waals surface area contributed by atoms with Gasteiger partial charge in [-0.15, -0.1) is 0 Å². The van der Waals surface area contributed by atoms with E-state index in [-0.39, 0.29) is 16.7 Å². The summed E-state index contributed by atoms with van der Waals surface area (Å²) in [6.45, 7) is -0.540. The number of carbonyl (C=O) groups is 4. The average Bonchev–Trinajstić information content (AvgIpc) is 3.37. The number of esters is 3. The van der Waals surface area contributed by atoms with Crippen LogP contribution in [-0.2, 0) is 18.9 Å². The van der Waals surface area contributed by atoms with Gasteiger partial charge in [-0.25, -0.2) is 19.4 Å². The molecule has 1 fully saturated rings. The van der Waals surface area contributed by atoms with Crippen molar-refractivity contribution in [3.8, 4) is 0 Å². The van der Waals surface area contributed by atoms with Gasteiger partial charge in [-0.1, -0.05) is 54.6 Å². The van der Waals surface area contributed by atoms with Gasteiger partial charge in [0.25, 0.3) is 11.5 Å². The van der Waals surface area contributed by atoms with Gasteiger partial charge in [0, 0.05) is 0 Å². The first-order valence-electron chi connectivity index (χ1n) is 13.2. The fraction of sp³-hybridized carbons (Fsp3) is 0.161. The highest BCUT2D eigenvalue weighted by molar-refractivity contribution is 5.91. The van der Waals surface area contributed by atoms with E-state index in [9.17, 15) is 28.4 Å². The van der Waals surface area contributed by atoms with Crippen LogP contribution in [-0.4, -0.2) is 58.3 Å². The van der Waals surface area contributed by atoms with Crippen molar-refractivity contribution in [2.24, 2.45) is 5.73 Å². The molecule has 224 valence electrons. The van der Waals surface area contributed by atoms with E-state index in [1.807, 2.05) is 0 Å². The fourth-order valence-electron chi connectivity index (χ4n) is 4.51. The summed E-state index contributed by atoms with van der Waals surface area (Å²) in [5.74, 6) is -5.09. The smallest absolute Gasteiger partial charge is 0.338 e. The lowest BCUT2D eigenvalue weighted by Gasteiger charge is -2.25. The number of amides is 1. The summed E-state index contributed by atoms with van der Waals surface area (Å²) in [5.41, 5.74) is 3.56. The first kappa shape index (κ1) is 29.8. The molecule has 3 aromatic carbocycles. The Morgan fingerprint density at radius 3 is 1.75 bits per heavy atom. The zero-order chi connectivity index (χ0) is 31.2. The van der Waals surface area contributed by atoms with Crippen LogP contribution in [0, 0.1) is 5.95 Å². The van der Waals surface area contributed by atoms with Crippen LogP contribution < -0.4 is 11.3 Å². The molecular formula is C31H24FN3O9. The summed E-state index contributed by atoms with van der Waals surface area (Å²) >= 11 is 0. The van der Waals surface area contributed by atoms with Crippen molar-refractivity contribution < 1.29 is 42.5 Å². The Kier molecular flexibility index (Phi) is 8.86. The molecule has 2 N–H and O–H groups in total. The zero-order valence-corrected chi connectivity index (χ0v) is 22.8. The summed E-state index contributed by atoms with van der Waals surface area (Å²) in [6.07, 6.45) is -5.51. The fourth-order valence-corrected chi connectivity index (χ4v) is 4.51. The lowest BCUT2D eigenvalue weighted by atomic mass is 10.1. The van der Waals surface area contributed by atoms with Gasteiger partial charge in [0.15, 0.2) is 24.1 Å². The molecule has 0 saturated carbocycles. The molecule has 4 unspecified atom stereocenters. The molecule has 0 bridgehead atoms. The number of hydrogen-bond acceptors (Lipinski definition) is 10. The molecule has 13 heteroatoms. The number of aromatic nitrogens is 2. The number of ether oxygens (including phenoxy) is 4. The maximum atomic E-state index is 14.5. The van der Waals surface area contributed by atoms with Gasteiger partial charge in [0.2, 0.25) is 5.95 Å². The molecule has 1 amide bonds. The van der Waals surface area contributed by atoms with Crippen LogP contribution in [0.2, 0.25) is 0 Å². The third-order valence-corrected chi connectivity index (χ3v) is 6.59. The highest BCUT2D eigenvalue weighted by Gasteiger charge is 2.52. The van der Waals surface area contributed by atoms with Gasteiger partial charge < -0.3 is 24.7 Å². The van der Waals surface area contributed by atoms with Crippen molar-refractivity contribution in [1.82, 2.24) is 9.55 Å². The number of hydrogen-bond donors (Lipinski definition) is 1. The molecule has 4 atom stereocenters. The molecule has 1 aromatic heterocycles. The van der Waals surface area contributed by atoms with Crippen molar-refractivity contribution in [1.29, 1.82) is 0 Å². The van der Waals surface area contributed by atoms with E-state index in [1.54, 1.807) is 54.6 Å². The van der Waals surface area contributed by atoms with Crippen LogP contribution in [0.4, 0.5) is 4.39 Å². The SMILES string of the molecule is NC(=O)c1nc(F)cn(C2OC(COC(=O)c3ccccc3)C(OC(=O)c3ccccc3)C2OC(=O)c2ccccc2)c1=O. The Morgan fingerprint density at radius 1 is 0.773 bits per heavy atom. The lowest BCUT2D eigenvalue weighted by molar-refractivity contribution is -0.0639. The van der Waals surface area contributed by atoms with Crippen LogP contribution in [0.15, 0.2) is 102 Å². The van der Waals surface area contributed by atoms with E-state index >= 15 is 0 Å². The molecule has 0 radical (unpaired) electrons. The van der Waals surface area contributed by atoms with Gasteiger partial charge >= 0.3 is 17.9 Å². The van der Waals surface area contributed by atoms with Gasteiger partial charge in [-0.05, 0) is 36.4 Å². The number of nitrogens with zero attached hydrogens (tertiary/aromatic N) is 2. The molecule has 1 saturated heterocycles. The van der Waals surface area contributed by atoms with Crippen molar-refractivity contribution in [3.05, 3.63) is 136 Å². The topological polar surface area (TPSA) is 166 Å². The van der Waals surface area contributed by atoms with Gasteiger partial charge in [-0.2, -0.15) is 4.39 Å². The number of rotatable bonds is 9. The van der Waals surface area contributed by atoms with Crippen LogP contribution in [0.3, 0.4) is 0 Å². The monoisotopic (exact) mass is 601 g/mol. The second kappa shape index (κ2) is 13.1. The van der Waals surface area contributed by atoms with Crippen molar-refractivity contribution in [2.75, 3.05) is 6.61 Å². The summed E-state index contributed by atoms with van der Waals surface area (Å²) in [4.78, 5) is 67.4. The van der Waals surface area contributed by atoms with E-state index in [2.05, 4.69) is 4.98 Å². The average molecular weight is 602 g/mol. The Morgan fingerprint density at radius 2 is 1.25 bits per heavy atom. The van der Waals surface area contributed by atoms with Crippen LogP contribution in [0.5, 0.6) is 0 Å². The predicted molar refractivity (Wildman–Crippen MR) is 149 cm³/mol. The lowest BCUT2D eigenvalue weighted by Crippen LogP contribution is -2.43. The number of carbonyl (C=O) groups excluding carboxylic acids is 4. The molecule has 12 nitrogen and oxygen atoms in total. The van der Waals surface area contributed by atoms with E-state index in [0.717, 1.165) is 0 Å². The largest absolute Gasteiger partial charge is 0.459 e. The van der Waals surface area contributed by atoms with Crippen molar-refractivity contribution >= 4 is 23.8 Å². The quantitative estimate of drug-likeness (QED) is 0.223. The summed E-state index contributed by atoms with van der Waals surface area (Å²) in [5, 5.41) is 0. The molecule has 4 aromatic rings. The van der Waals surface area contributed by atoms with E-state index < -0.39 is 72.2 Å². The van der Waals surface area contributed by atoms with Crippen LogP contribution in [0.25, 0.3) is 0 Å². The van der Waals surface area contributed by atoms with Gasteiger partial charge in [0.1, 0.15) is 12.7 Å². The Bertz CT molecular complexity index is 1730. The molecule has 1 aliphatic heterocycles. The summed E-state index contributed by atoms with van der Waals surface area (Å²) in [6, 6.07) is 23.6. The first-order chi connectivity index (χ1) is 21.2. The summed E-state index contributed by atoms with van der Waals surface area (Å²) < 4.78 is 38.1. The van der Waals surface area contributed by atoms with Crippen molar-refractivity contribution in [3.63, 3.8) is 0 Å². The van der Waals surface area contributed by atoms with E-state index in [0.29, 0.717) is 10.8 Å². The molecular weight excluding hydrogens is 577 g/mol. The normalized spacial score (nSPS) is 19.1. The first-order valence-corrected chi connectivity index (χ1v) is 13.2. The van der Waals surface area contributed by atoms with Crippen molar-refractivity contribution in [2.45, 2.75) is 24.5 Å². The number of benzene rings is 3. The number of nitrogens with two attached hydrogens (primary N) is 1. The maximum Gasteiger partial charge on any atom is 0.338 e. The Hall–Kier alpha value is -5.69. The molecule has 5 rings (SSSR count). The van der Waals surface area contributed by atoms with Crippen LogP contribution in [0.1, 0.15) is 47.8 Å². The van der Waals surface area contributed by atoms with E-state index in [1.165, 1.54) is 36.4 Å². The third-order valence-electron chi connectivity index (χ3n) is 6.59. The molecule has 0 spiro atoms. The zero-order valence-electron chi connectivity index (χ0n) is 22.8. The van der Waals surface area contributed by atoms with Crippen LogP contribution >= 0.6 is 0 Å². The minimum absolute atomic E-state index is 0.101. The molecule has 2 heterocycles. The van der Waals surface area contributed by atoms with E-state index in [4.69, 9.17) is 24.7 Å². The molecule has 0 aliphatic carbocycles. The standard InChI is InChI=1S/C31H24FN3O9/c32-22-16-35(27(37)23(34-22)26(33)36)28-25(44-31(40)20-14-8-3-9-15-20)24(43-30(39)19-12-6-2-7-13-19)21(42-28)17-41-29(38)18-10-4-1-5-11-18/h1-16,21,24-25,28H,17H2,(H2,33,36). The highest BCUT2D eigenvalue weighted by atomic mass is 19.1. The number of primary amides is 1. The highest BCUT2D eigenvalue weighted by Crippen LogP contribution is 2.35.